The first-order valence-corrected chi connectivity index (χ1v) is 8.12. The van der Waals surface area contributed by atoms with Crippen molar-refractivity contribution in [2.75, 3.05) is 12.3 Å². The summed E-state index contributed by atoms with van der Waals surface area (Å²) < 4.78 is 23.3. The maximum atomic E-state index is 11.6. The molecule has 0 saturated carbocycles. The van der Waals surface area contributed by atoms with Crippen molar-refractivity contribution in [3.8, 4) is 0 Å². The van der Waals surface area contributed by atoms with Crippen molar-refractivity contribution in [1.29, 1.82) is 0 Å². The molecule has 0 bridgehead atoms. The number of hydrogen-bond donors (Lipinski definition) is 1. The molecular weight excluding hydrogens is 270 g/mol. The summed E-state index contributed by atoms with van der Waals surface area (Å²) in [6.45, 7) is 5.88. The minimum absolute atomic E-state index is 0.115. The van der Waals surface area contributed by atoms with Crippen LogP contribution in [0.3, 0.4) is 0 Å². The summed E-state index contributed by atoms with van der Waals surface area (Å²) in [5.74, 6) is 0.169. The van der Waals surface area contributed by atoms with E-state index in [9.17, 15) is 8.42 Å². The van der Waals surface area contributed by atoms with Crippen LogP contribution in [0, 0.1) is 0 Å². The second kappa shape index (κ2) is 6.55. The first-order chi connectivity index (χ1) is 8.33. The first-order valence-electron chi connectivity index (χ1n) is 6.03. The van der Waals surface area contributed by atoms with Gasteiger partial charge in [0.25, 0.3) is 0 Å². The molecule has 3 nitrogen and oxygen atoms in total. The van der Waals surface area contributed by atoms with Gasteiger partial charge in [0.2, 0.25) is 0 Å². The standard InChI is InChI=1S/C13H20ClNO2S/c1-10(2)18(16,17)9-8-15-11(3)12-4-6-13(14)7-5-12/h4-7,10-11,15H,8-9H2,1-3H3/t11-/m0/s1. The Morgan fingerprint density at radius 1 is 1.17 bits per heavy atom. The SMILES string of the molecule is CC(C)S(=O)(=O)CCN[C@@H](C)c1ccc(Cl)cc1. The number of sulfone groups is 1. The van der Waals surface area contributed by atoms with Crippen molar-refractivity contribution >= 4 is 21.4 Å². The van der Waals surface area contributed by atoms with Gasteiger partial charge in [-0.2, -0.15) is 0 Å². The molecule has 0 aliphatic rings. The highest BCUT2D eigenvalue weighted by Gasteiger charge is 2.15. The van der Waals surface area contributed by atoms with Gasteiger partial charge in [-0.15, -0.1) is 0 Å². The van der Waals surface area contributed by atoms with Crippen LogP contribution < -0.4 is 5.32 Å². The zero-order valence-corrected chi connectivity index (χ0v) is 12.6. The van der Waals surface area contributed by atoms with Gasteiger partial charge in [0.05, 0.1) is 11.0 Å². The van der Waals surface area contributed by atoms with E-state index < -0.39 is 9.84 Å². The summed E-state index contributed by atoms with van der Waals surface area (Å²) in [6.07, 6.45) is 0. The Morgan fingerprint density at radius 3 is 2.22 bits per heavy atom. The van der Waals surface area contributed by atoms with E-state index >= 15 is 0 Å². The predicted octanol–water partition coefficient (Wildman–Crippen LogP) is 2.81. The molecule has 0 radical (unpaired) electrons. The maximum Gasteiger partial charge on any atom is 0.153 e. The smallest absolute Gasteiger partial charge is 0.153 e. The number of benzene rings is 1. The van der Waals surface area contributed by atoms with Gasteiger partial charge in [0, 0.05) is 17.6 Å². The predicted molar refractivity (Wildman–Crippen MR) is 76.8 cm³/mol. The summed E-state index contributed by atoms with van der Waals surface area (Å²) in [4.78, 5) is 0. The molecule has 0 fully saturated rings. The Kier molecular flexibility index (Phi) is 5.63. The lowest BCUT2D eigenvalue weighted by Crippen LogP contribution is -2.28. The summed E-state index contributed by atoms with van der Waals surface area (Å²) in [7, 11) is -2.97. The van der Waals surface area contributed by atoms with E-state index in [-0.39, 0.29) is 17.0 Å². The van der Waals surface area contributed by atoms with Gasteiger partial charge in [-0.05, 0) is 38.5 Å². The van der Waals surface area contributed by atoms with Crippen molar-refractivity contribution in [2.24, 2.45) is 0 Å². The molecule has 102 valence electrons. The van der Waals surface area contributed by atoms with Crippen LogP contribution in [-0.4, -0.2) is 26.0 Å². The number of hydrogen-bond acceptors (Lipinski definition) is 3. The minimum atomic E-state index is -2.97. The van der Waals surface area contributed by atoms with Gasteiger partial charge in [0.15, 0.2) is 9.84 Å². The van der Waals surface area contributed by atoms with Crippen molar-refractivity contribution in [3.63, 3.8) is 0 Å². The molecule has 1 atom stereocenters. The van der Waals surface area contributed by atoms with Gasteiger partial charge in [-0.3, -0.25) is 0 Å². The number of rotatable bonds is 6. The third kappa shape index (κ3) is 4.59. The fourth-order valence-electron chi connectivity index (χ4n) is 1.52. The molecule has 1 aromatic carbocycles. The Morgan fingerprint density at radius 2 is 1.72 bits per heavy atom. The van der Waals surface area contributed by atoms with Gasteiger partial charge in [-0.1, -0.05) is 23.7 Å². The molecule has 18 heavy (non-hydrogen) atoms. The zero-order valence-electron chi connectivity index (χ0n) is 11.0. The molecule has 0 spiro atoms. The Bertz CT molecular complexity index is 468. The summed E-state index contributed by atoms with van der Waals surface area (Å²) in [5.41, 5.74) is 1.10. The summed E-state index contributed by atoms with van der Waals surface area (Å²) in [5, 5.41) is 3.59. The van der Waals surface area contributed by atoms with E-state index in [4.69, 9.17) is 11.6 Å². The van der Waals surface area contributed by atoms with Crippen LogP contribution in [0.1, 0.15) is 32.4 Å². The molecule has 0 aliphatic carbocycles. The molecule has 1 aromatic rings. The number of halogens is 1. The van der Waals surface area contributed by atoms with Crippen LogP contribution in [0.2, 0.25) is 5.02 Å². The van der Waals surface area contributed by atoms with Crippen LogP contribution in [0.25, 0.3) is 0 Å². The van der Waals surface area contributed by atoms with E-state index in [1.807, 2.05) is 31.2 Å². The Labute approximate surface area is 114 Å². The van der Waals surface area contributed by atoms with Gasteiger partial charge < -0.3 is 5.32 Å². The zero-order chi connectivity index (χ0) is 13.8. The van der Waals surface area contributed by atoms with Crippen LogP contribution in [0.15, 0.2) is 24.3 Å². The molecule has 5 heteroatoms. The fourth-order valence-corrected chi connectivity index (χ4v) is 2.52. The van der Waals surface area contributed by atoms with E-state index in [1.165, 1.54) is 0 Å². The van der Waals surface area contributed by atoms with Gasteiger partial charge >= 0.3 is 0 Å². The number of nitrogens with one attached hydrogen (secondary N) is 1. The third-order valence-corrected chi connectivity index (χ3v) is 5.39. The highest BCUT2D eigenvalue weighted by molar-refractivity contribution is 7.92. The third-order valence-electron chi connectivity index (χ3n) is 2.93. The van der Waals surface area contributed by atoms with E-state index in [2.05, 4.69) is 5.32 Å². The maximum absolute atomic E-state index is 11.6. The van der Waals surface area contributed by atoms with Crippen molar-refractivity contribution in [1.82, 2.24) is 5.32 Å². The average molecular weight is 290 g/mol. The van der Waals surface area contributed by atoms with E-state index in [0.717, 1.165) is 5.56 Å². The highest BCUT2D eigenvalue weighted by Crippen LogP contribution is 2.15. The summed E-state index contributed by atoms with van der Waals surface area (Å²) >= 11 is 5.82. The van der Waals surface area contributed by atoms with E-state index in [1.54, 1.807) is 13.8 Å². The second-order valence-corrected chi connectivity index (χ2v) is 7.76. The Balaban J connectivity index is 2.47. The molecule has 1 N–H and O–H groups in total. The lowest BCUT2D eigenvalue weighted by atomic mass is 10.1. The fraction of sp³-hybridized carbons (Fsp3) is 0.538. The molecule has 0 unspecified atom stereocenters. The molecular formula is C13H20ClNO2S. The lowest BCUT2D eigenvalue weighted by molar-refractivity contribution is 0.566. The molecule has 0 saturated heterocycles. The minimum Gasteiger partial charge on any atom is -0.309 e. The molecule has 0 aromatic heterocycles. The highest BCUT2D eigenvalue weighted by atomic mass is 35.5. The van der Waals surface area contributed by atoms with Crippen LogP contribution in [0.4, 0.5) is 0 Å². The van der Waals surface area contributed by atoms with Gasteiger partial charge in [0.1, 0.15) is 0 Å². The van der Waals surface area contributed by atoms with Crippen molar-refractivity contribution < 1.29 is 8.42 Å². The summed E-state index contributed by atoms with van der Waals surface area (Å²) in [6, 6.07) is 7.66. The molecule has 1 rings (SSSR count). The van der Waals surface area contributed by atoms with Gasteiger partial charge in [-0.25, -0.2) is 8.42 Å². The molecule has 0 aliphatic heterocycles. The van der Waals surface area contributed by atoms with E-state index in [0.29, 0.717) is 11.6 Å². The van der Waals surface area contributed by atoms with Crippen LogP contribution >= 0.6 is 11.6 Å². The van der Waals surface area contributed by atoms with Crippen molar-refractivity contribution in [2.45, 2.75) is 32.1 Å². The second-order valence-electron chi connectivity index (χ2n) is 4.64. The Hall–Kier alpha value is -0.580. The lowest BCUT2D eigenvalue weighted by Gasteiger charge is -2.15. The quantitative estimate of drug-likeness (QED) is 0.876. The normalized spacial score (nSPS) is 13.8. The van der Waals surface area contributed by atoms with Crippen molar-refractivity contribution in [3.05, 3.63) is 34.9 Å². The largest absolute Gasteiger partial charge is 0.309 e. The monoisotopic (exact) mass is 289 g/mol. The van der Waals surface area contributed by atoms with Crippen LogP contribution in [-0.2, 0) is 9.84 Å². The topological polar surface area (TPSA) is 46.2 Å². The molecule has 0 heterocycles. The first kappa shape index (κ1) is 15.5. The average Bonchev–Trinajstić information content (AvgIpc) is 2.29. The molecule has 0 amide bonds. The van der Waals surface area contributed by atoms with Crippen LogP contribution in [0.5, 0.6) is 0 Å².